The molecule has 0 saturated carbocycles. The lowest BCUT2D eigenvalue weighted by molar-refractivity contribution is -0.139. The van der Waals surface area contributed by atoms with Crippen LogP contribution in [-0.2, 0) is 18.3 Å². The van der Waals surface area contributed by atoms with Gasteiger partial charge in [-0.1, -0.05) is 26.0 Å². The molecule has 0 fully saturated rings. The normalized spacial score (nSPS) is 12.0. The Morgan fingerprint density at radius 3 is 2.68 bits per heavy atom. The third kappa shape index (κ3) is 2.78. The van der Waals surface area contributed by atoms with Crippen molar-refractivity contribution in [2.75, 3.05) is 0 Å². The van der Waals surface area contributed by atoms with E-state index >= 15 is 0 Å². The predicted molar refractivity (Wildman–Crippen MR) is 75.2 cm³/mol. The molecule has 0 amide bonds. The van der Waals surface area contributed by atoms with Gasteiger partial charge in [0.05, 0.1) is 17.5 Å². The highest BCUT2D eigenvalue weighted by Crippen LogP contribution is 2.28. The molecule has 0 aliphatic rings. The highest BCUT2D eigenvalue weighted by atomic mass is 16.4. The van der Waals surface area contributed by atoms with Gasteiger partial charge >= 0.3 is 5.97 Å². The summed E-state index contributed by atoms with van der Waals surface area (Å²) in [6.07, 6.45) is 0.805. The molecule has 4 nitrogen and oxygen atoms in total. The van der Waals surface area contributed by atoms with E-state index in [1.54, 1.807) is 0 Å². The average molecular weight is 260 g/mol. The molecule has 0 atom stereocenters. The number of imidazole rings is 1. The number of hydrogen-bond acceptors (Lipinski definition) is 2. The van der Waals surface area contributed by atoms with Crippen LogP contribution in [0.3, 0.4) is 0 Å². The number of benzene rings is 1. The number of aromatic nitrogens is 2. The minimum Gasteiger partial charge on any atom is -0.481 e. The van der Waals surface area contributed by atoms with Crippen LogP contribution in [0.15, 0.2) is 18.2 Å². The Morgan fingerprint density at radius 1 is 1.42 bits per heavy atom. The Balaban J connectivity index is 2.39. The summed E-state index contributed by atoms with van der Waals surface area (Å²) in [7, 11) is 1.99. The summed E-state index contributed by atoms with van der Waals surface area (Å²) in [6, 6.07) is 6.06. The number of hydrogen-bond donors (Lipinski definition) is 1. The van der Waals surface area contributed by atoms with Gasteiger partial charge in [0.2, 0.25) is 0 Å². The second-order valence-electron chi connectivity index (χ2n) is 5.94. The van der Waals surface area contributed by atoms with Crippen LogP contribution in [0.25, 0.3) is 11.0 Å². The maximum atomic E-state index is 10.9. The molecule has 4 heteroatoms. The fourth-order valence-electron chi connectivity index (χ4n) is 2.57. The van der Waals surface area contributed by atoms with Crippen LogP contribution in [0, 0.1) is 12.3 Å². The molecule has 1 heterocycles. The third-order valence-corrected chi connectivity index (χ3v) is 3.45. The molecule has 0 aliphatic heterocycles. The van der Waals surface area contributed by atoms with Crippen LogP contribution in [0.1, 0.15) is 31.7 Å². The minimum absolute atomic E-state index is 0.148. The van der Waals surface area contributed by atoms with Crippen LogP contribution < -0.4 is 0 Å². The van der Waals surface area contributed by atoms with Gasteiger partial charge < -0.3 is 9.67 Å². The maximum Gasteiger partial charge on any atom is 0.303 e. The average Bonchev–Trinajstić information content (AvgIpc) is 2.54. The summed E-state index contributed by atoms with van der Waals surface area (Å²) < 4.78 is 2.08. The number of rotatable bonds is 4. The summed E-state index contributed by atoms with van der Waals surface area (Å²) in [5, 5.41) is 8.95. The summed E-state index contributed by atoms with van der Waals surface area (Å²) in [5.74, 6) is 0.176. The lowest BCUT2D eigenvalue weighted by atomic mass is 9.85. The molecular formula is C15H20N2O2. The van der Waals surface area contributed by atoms with Crippen molar-refractivity contribution in [3.63, 3.8) is 0 Å². The van der Waals surface area contributed by atoms with Crippen LogP contribution in [-0.4, -0.2) is 20.6 Å². The maximum absolute atomic E-state index is 10.9. The summed E-state index contributed by atoms with van der Waals surface area (Å²) in [4.78, 5) is 15.5. The number of para-hydroxylation sites is 1. The van der Waals surface area contributed by atoms with Crippen LogP contribution in [0.2, 0.25) is 0 Å². The van der Waals surface area contributed by atoms with Crippen molar-refractivity contribution in [2.45, 2.75) is 33.6 Å². The first-order valence-electron chi connectivity index (χ1n) is 6.43. The molecular weight excluding hydrogens is 240 g/mol. The van der Waals surface area contributed by atoms with Gasteiger partial charge in [-0.25, -0.2) is 4.98 Å². The highest BCUT2D eigenvalue weighted by molar-refractivity contribution is 5.79. The Labute approximate surface area is 113 Å². The first kappa shape index (κ1) is 13.6. The zero-order valence-corrected chi connectivity index (χ0v) is 11.9. The quantitative estimate of drug-likeness (QED) is 0.919. The van der Waals surface area contributed by atoms with E-state index in [2.05, 4.69) is 22.5 Å². The number of aliphatic carboxylic acids is 1. The summed E-state index contributed by atoms with van der Waals surface area (Å²) in [5.41, 5.74) is 3.00. The fourth-order valence-corrected chi connectivity index (χ4v) is 2.57. The fraction of sp³-hybridized carbons (Fsp3) is 0.467. The number of fused-ring (bicyclic) bond motifs is 1. The van der Waals surface area contributed by atoms with Gasteiger partial charge in [0, 0.05) is 13.5 Å². The van der Waals surface area contributed by atoms with Crippen molar-refractivity contribution < 1.29 is 9.90 Å². The van der Waals surface area contributed by atoms with E-state index in [9.17, 15) is 4.79 Å². The Bertz CT molecular complexity index is 626. The number of aryl methyl sites for hydroxylation is 2. The van der Waals surface area contributed by atoms with Gasteiger partial charge in [-0.3, -0.25) is 4.79 Å². The molecule has 0 bridgehead atoms. The first-order chi connectivity index (χ1) is 8.80. The molecule has 1 N–H and O–H groups in total. The van der Waals surface area contributed by atoms with Crippen molar-refractivity contribution in [1.82, 2.24) is 9.55 Å². The number of carboxylic acids is 1. The van der Waals surface area contributed by atoms with E-state index in [1.165, 1.54) is 5.56 Å². The van der Waals surface area contributed by atoms with E-state index in [-0.39, 0.29) is 11.8 Å². The van der Waals surface area contributed by atoms with Crippen LogP contribution in [0.5, 0.6) is 0 Å². The van der Waals surface area contributed by atoms with Crippen molar-refractivity contribution in [3.8, 4) is 0 Å². The second-order valence-corrected chi connectivity index (χ2v) is 5.94. The molecule has 1 aromatic heterocycles. The monoisotopic (exact) mass is 260 g/mol. The van der Waals surface area contributed by atoms with Crippen LogP contribution in [0.4, 0.5) is 0 Å². The highest BCUT2D eigenvalue weighted by Gasteiger charge is 2.25. The van der Waals surface area contributed by atoms with Crippen molar-refractivity contribution in [2.24, 2.45) is 12.5 Å². The largest absolute Gasteiger partial charge is 0.481 e. The van der Waals surface area contributed by atoms with Gasteiger partial charge in [0.1, 0.15) is 5.82 Å². The number of carboxylic acid groups (broad SMARTS) is 1. The Hall–Kier alpha value is -1.84. The lowest BCUT2D eigenvalue weighted by Crippen LogP contribution is -2.21. The van der Waals surface area contributed by atoms with Crippen molar-refractivity contribution in [1.29, 1.82) is 0 Å². The second kappa shape index (κ2) is 4.68. The Kier molecular flexibility index (Phi) is 3.35. The molecule has 2 rings (SSSR count). The molecule has 0 unspecified atom stereocenters. The molecule has 19 heavy (non-hydrogen) atoms. The molecule has 0 saturated heterocycles. The zero-order chi connectivity index (χ0) is 14.2. The first-order valence-corrected chi connectivity index (χ1v) is 6.43. The smallest absolute Gasteiger partial charge is 0.303 e. The standard InChI is InChI=1S/C15H20N2O2/c1-10-6-5-7-11-14(10)17(4)12(16-11)8-15(2,3)9-13(18)19/h5-7H,8-9H2,1-4H3,(H,18,19). The molecule has 102 valence electrons. The van der Waals surface area contributed by atoms with Gasteiger partial charge in [0.15, 0.2) is 0 Å². The molecule has 2 aromatic rings. The summed E-state index contributed by atoms with van der Waals surface area (Å²) in [6.45, 7) is 6.00. The van der Waals surface area contributed by atoms with Crippen molar-refractivity contribution in [3.05, 3.63) is 29.6 Å². The van der Waals surface area contributed by atoms with E-state index in [1.807, 2.05) is 33.0 Å². The molecule has 1 aromatic carbocycles. The predicted octanol–water partition coefficient (Wildman–Crippen LogP) is 2.93. The molecule has 0 radical (unpaired) electrons. The van der Waals surface area contributed by atoms with Gasteiger partial charge in [-0.05, 0) is 24.0 Å². The minimum atomic E-state index is -0.764. The topological polar surface area (TPSA) is 55.1 Å². The van der Waals surface area contributed by atoms with E-state index in [0.29, 0.717) is 6.42 Å². The number of carbonyl (C=O) groups is 1. The van der Waals surface area contributed by atoms with Gasteiger partial charge in [-0.2, -0.15) is 0 Å². The van der Waals surface area contributed by atoms with E-state index in [4.69, 9.17) is 5.11 Å². The Morgan fingerprint density at radius 2 is 2.11 bits per heavy atom. The van der Waals surface area contributed by atoms with E-state index in [0.717, 1.165) is 16.9 Å². The lowest BCUT2D eigenvalue weighted by Gasteiger charge is -2.21. The van der Waals surface area contributed by atoms with Gasteiger partial charge in [0.25, 0.3) is 0 Å². The van der Waals surface area contributed by atoms with E-state index < -0.39 is 5.97 Å². The third-order valence-electron chi connectivity index (χ3n) is 3.45. The van der Waals surface area contributed by atoms with Crippen LogP contribution >= 0.6 is 0 Å². The SMILES string of the molecule is Cc1cccc2nc(CC(C)(C)CC(=O)O)n(C)c12. The summed E-state index contributed by atoms with van der Waals surface area (Å²) >= 11 is 0. The number of nitrogens with zero attached hydrogens (tertiary/aromatic N) is 2. The zero-order valence-electron chi connectivity index (χ0n) is 11.9. The van der Waals surface area contributed by atoms with Gasteiger partial charge in [-0.15, -0.1) is 0 Å². The van der Waals surface area contributed by atoms with Crippen molar-refractivity contribution >= 4 is 17.0 Å². The molecule has 0 spiro atoms. The molecule has 0 aliphatic carbocycles.